The first-order valence-corrected chi connectivity index (χ1v) is 4.18. The fourth-order valence-corrected chi connectivity index (χ4v) is 1.99. The van der Waals surface area contributed by atoms with Crippen molar-refractivity contribution in [1.82, 2.24) is 0 Å². The van der Waals surface area contributed by atoms with Crippen molar-refractivity contribution in [3.8, 4) is 0 Å². The lowest BCUT2D eigenvalue weighted by Gasteiger charge is -2.35. The van der Waals surface area contributed by atoms with E-state index >= 15 is 0 Å². The number of ether oxygens (including phenoxy) is 2. The van der Waals surface area contributed by atoms with Crippen LogP contribution in [0.5, 0.6) is 0 Å². The molecule has 11 heavy (non-hydrogen) atoms. The van der Waals surface area contributed by atoms with Crippen LogP contribution in [0.25, 0.3) is 0 Å². The summed E-state index contributed by atoms with van der Waals surface area (Å²) in [6, 6.07) is 0. The van der Waals surface area contributed by atoms with Gasteiger partial charge in [0.05, 0.1) is 19.3 Å². The van der Waals surface area contributed by atoms with Crippen molar-refractivity contribution in [3.05, 3.63) is 0 Å². The SMILES string of the molecule is OC[C@@]12CCO[C@@H]1CCOC2. The Balaban J connectivity index is 2.12. The molecule has 2 aliphatic heterocycles. The molecule has 0 saturated carbocycles. The van der Waals surface area contributed by atoms with Crippen LogP contribution in [-0.4, -0.2) is 37.6 Å². The fraction of sp³-hybridized carbons (Fsp3) is 1.00. The van der Waals surface area contributed by atoms with Gasteiger partial charge in [-0.3, -0.25) is 0 Å². The van der Waals surface area contributed by atoms with Crippen molar-refractivity contribution in [2.24, 2.45) is 5.41 Å². The van der Waals surface area contributed by atoms with Crippen molar-refractivity contribution < 1.29 is 14.6 Å². The van der Waals surface area contributed by atoms with Gasteiger partial charge in [-0.05, 0) is 12.8 Å². The van der Waals surface area contributed by atoms with Crippen LogP contribution in [0.15, 0.2) is 0 Å². The molecular formula is C8H14O3. The number of aliphatic hydroxyl groups is 1. The third-order valence-corrected chi connectivity index (χ3v) is 2.83. The maximum atomic E-state index is 9.19. The first kappa shape index (κ1) is 7.53. The highest BCUT2D eigenvalue weighted by Crippen LogP contribution is 2.39. The highest BCUT2D eigenvalue weighted by Gasteiger charge is 2.45. The fourth-order valence-electron chi connectivity index (χ4n) is 1.99. The van der Waals surface area contributed by atoms with Gasteiger partial charge in [0.1, 0.15) is 0 Å². The van der Waals surface area contributed by atoms with Gasteiger partial charge in [0.2, 0.25) is 0 Å². The molecule has 0 aromatic carbocycles. The number of hydrogen-bond donors (Lipinski definition) is 1. The van der Waals surface area contributed by atoms with Crippen molar-refractivity contribution >= 4 is 0 Å². The van der Waals surface area contributed by atoms with E-state index in [1.807, 2.05) is 0 Å². The van der Waals surface area contributed by atoms with E-state index in [-0.39, 0.29) is 18.1 Å². The summed E-state index contributed by atoms with van der Waals surface area (Å²) >= 11 is 0. The molecule has 0 spiro atoms. The summed E-state index contributed by atoms with van der Waals surface area (Å²) in [5.41, 5.74) is -0.0573. The summed E-state index contributed by atoms with van der Waals surface area (Å²) in [4.78, 5) is 0. The summed E-state index contributed by atoms with van der Waals surface area (Å²) < 4.78 is 10.8. The second-order valence-electron chi connectivity index (χ2n) is 3.47. The molecule has 2 rings (SSSR count). The van der Waals surface area contributed by atoms with Crippen LogP contribution < -0.4 is 0 Å². The predicted molar refractivity (Wildman–Crippen MR) is 39.3 cm³/mol. The highest BCUT2D eigenvalue weighted by atomic mass is 16.5. The predicted octanol–water partition coefficient (Wildman–Crippen LogP) is 0.174. The summed E-state index contributed by atoms with van der Waals surface area (Å²) in [6.07, 6.45) is 2.15. The maximum absolute atomic E-state index is 9.19. The van der Waals surface area contributed by atoms with E-state index in [1.54, 1.807) is 0 Å². The number of fused-ring (bicyclic) bond motifs is 1. The van der Waals surface area contributed by atoms with Crippen LogP contribution in [0.1, 0.15) is 12.8 Å². The zero-order chi connectivity index (χ0) is 7.73. The number of rotatable bonds is 1. The Morgan fingerprint density at radius 3 is 3.09 bits per heavy atom. The lowest BCUT2D eigenvalue weighted by Crippen LogP contribution is -2.43. The third kappa shape index (κ3) is 1.08. The van der Waals surface area contributed by atoms with Crippen LogP contribution in [0, 0.1) is 5.41 Å². The monoisotopic (exact) mass is 158 g/mol. The van der Waals surface area contributed by atoms with Gasteiger partial charge in [0.15, 0.2) is 0 Å². The highest BCUT2D eigenvalue weighted by molar-refractivity contribution is 4.93. The molecule has 3 heteroatoms. The molecule has 0 amide bonds. The Morgan fingerprint density at radius 1 is 1.45 bits per heavy atom. The molecule has 0 unspecified atom stereocenters. The molecule has 2 atom stereocenters. The zero-order valence-corrected chi connectivity index (χ0v) is 6.58. The van der Waals surface area contributed by atoms with Crippen molar-refractivity contribution in [2.45, 2.75) is 18.9 Å². The normalized spacial score (nSPS) is 43.9. The van der Waals surface area contributed by atoms with Gasteiger partial charge < -0.3 is 14.6 Å². The van der Waals surface area contributed by atoms with Gasteiger partial charge in [-0.15, -0.1) is 0 Å². The van der Waals surface area contributed by atoms with Gasteiger partial charge in [0, 0.05) is 18.6 Å². The van der Waals surface area contributed by atoms with Crippen molar-refractivity contribution in [2.75, 3.05) is 26.4 Å². The van der Waals surface area contributed by atoms with E-state index < -0.39 is 0 Å². The van der Waals surface area contributed by atoms with E-state index in [4.69, 9.17) is 9.47 Å². The lowest BCUT2D eigenvalue weighted by molar-refractivity contribution is -0.0929. The number of aliphatic hydroxyl groups excluding tert-OH is 1. The van der Waals surface area contributed by atoms with Crippen molar-refractivity contribution in [3.63, 3.8) is 0 Å². The van der Waals surface area contributed by atoms with Crippen LogP contribution in [0.4, 0.5) is 0 Å². The molecule has 0 bridgehead atoms. The molecule has 0 radical (unpaired) electrons. The van der Waals surface area contributed by atoms with Gasteiger partial charge >= 0.3 is 0 Å². The molecule has 2 heterocycles. The molecule has 2 saturated heterocycles. The maximum Gasteiger partial charge on any atom is 0.0698 e. The van der Waals surface area contributed by atoms with Crippen LogP contribution >= 0.6 is 0 Å². The Morgan fingerprint density at radius 2 is 2.36 bits per heavy atom. The van der Waals surface area contributed by atoms with E-state index in [0.717, 1.165) is 26.1 Å². The first-order valence-electron chi connectivity index (χ1n) is 4.18. The van der Waals surface area contributed by atoms with E-state index in [9.17, 15) is 5.11 Å². The quantitative estimate of drug-likeness (QED) is 0.591. The number of hydrogen-bond acceptors (Lipinski definition) is 3. The van der Waals surface area contributed by atoms with Gasteiger partial charge in [-0.2, -0.15) is 0 Å². The third-order valence-electron chi connectivity index (χ3n) is 2.83. The molecule has 0 aromatic heterocycles. The molecule has 2 aliphatic rings. The molecular weight excluding hydrogens is 144 g/mol. The Bertz CT molecular complexity index is 148. The van der Waals surface area contributed by atoms with E-state index in [0.29, 0.717) is 6.61 Å². The van der Waals surface area contributed by atoms with Crippen LogP contribution in [0.3, 0.4) is 0 Å². The summed E-state index contributed by atoms with van der Waals surface area (Å²) in [7, 11) is 0. The average Bonchev–Trinajstić information content (AvgIpc) is 2.48. The topological polar surface area (TPSA) is 38.7 Å². The Labute approximate surface area is 66.3 Å². The molecule has 1 N–H and O–H groups in total. The second-order valence-corrected chi connectivity index (χ2v) is 3.47. The average molecular weight is 158 g/mol. The molecule has 0 aliphatic carbocycles. The largest absolute Gasteiger partial charge is 0.396 e. The minimum absolute atomic E-state index is 0.0573. The Kier molecular flexibility index (Phi) is 1.87. The summed E-state index contributed by atoms with van der Waals surface area (Å²) in [5.74, 6) is 0. The van der Waals surface area contributed by atoms with Gasteiger partial charge in [-0.1, -0.05) is 0 Å². The summed E-state index contributed by atoms with van der Waals surface area (Å²) in [6.45, 7) is 2.45. The molecule has 3 nitrogen and oxygen atoms in total. The van der Waals surface area contributed by atoms with E-state index in [2.05, 4.69) is 0 Å². The zero-order valence-electron chi connectivity index (χ0n) is 6.58. The van der Waals surface area contributed by atoms with Gasteiger partial charge in [0.25, 0.3) is 0 Å². The van der Waals surface area contributed by atoms with Crippen LogP contribution in [-0.2, 0) is 9.47 Å². The summed E-state index contributed by atoms with van der Waals surface area (Å²) in [5, 5.41) is 9.19. The molecule has 0 aromatic rings. The van der Waals surface area contributed by atoms with Gasteiger partial charge in [-0.25, -0.2) is 0 Å². The minimum atomic E-state index is -0.0573. The first-order chi connectivity index (χ1) is 5.37. The van der Waals surface area contributed by atoms with Crippen molar-refractivity contribution in [1.29, 1.82) is 0 Å². The minimum Gasteiger partial charge on any atom is -0.396 e. The van der Waals surface area contributed by atoms with Crippen LogP contribution in [0.2, 0.25) is 0 Å². The smallest absolute Gasteiger partial charge is 0.0698 e. The standard InChI is InChI=1S/C8H14O3/c9-5-8-2-4-11-7(8)1-3-10-6-8/h7,9H,1-6H2/t7-,8-/m1/s1. The lowest BCUT2D eigenvalue weighted by atomic mass is 9.80. The molecule has 64 valence electrons. The van der Waals surface area contributed by atoms with E-state index in [1.165, 1.54) is 0 Å². The molecule has 2 fully saturated rings. The Hall–Kier alpha value is -0.120. The second kappa shape index (κ2) is 2.73.